The fourth-order valence-corrected chi connectivity index (χ4v) is 2.82. The van der Waals surface area contributed by atoms with Crippen molar-refractivity contribution >= 4 is 5.91 Å². The highest BCUT2D eigenvalue weighted by Gasteiger charge is 2.23. The van der Waals surface area contributed by atoms with Gasteiger partial charge < -0.3 is 10.1 Å². The highest BCUT2D eigenvalue weighted by molar-refractivity contribution is 5.81. The quantitative estimate of drug-likeness (QED) is 0.827. The van der Waals surface area contributed by atoms with Crippen LogP contribution in [0.1, 0.15) is 45.4 Å². The number of likely N-dealkylation sites (tertiary alicyclic amines) is 1. The standard InChI is InChI=1S/C14H26N2O2/c1-12(16-8-4-2-3-5-9-16)14(17)15-11-13-7-6-10-18-13/h12-13H,2-11H2,1H3,(H,15,17). The van der Waals surface area contributed by atoms with Crippen LogP contribution in [-0.4, -0.2) is 49.2 Å². The number of hydrogen-bond acceptors (Lipinski definition) is 3. The van der Waals surface area contributed by atoms with Crippen LogP contribution in [0.25, 0.3) is 0 Å². The third-order valence-electron chi connectivity index (χ3n) is 4.10. The fraction of sp³-hybridized carbons (Fsp3) is 0.929. The molecule has 0 radical (unpaired) electrons. The fourth-order valence-electron chi connectivity index (χ4n) is 2.82. The van der Waals surface area contributed by atoms with Crippen molar-refractivity contribution in [3.63, 3.8) is 0 Å². The minimum absolute atomic E-state index is 0.00417. The van der Waals surface area contributed by atoms with Gasteiger partial charge in [0.25, 0.3) is 0 Å². The molecular formula is C14H26N2O2. The van der Waals surface area contributed by atoms with Gasteiger partial charge in [-0.1, -0.05) is 12.8 Å². The lowest BCUT2D eigenvalue weighted by Crippen LogP contribution is -2.47. The monoisotopic (exact) mass is 254 g/mol. The molecule has 0 aromatic heterocycles. The Balaban J connectivity index is 1.72. The van der Waals surface area contributed by atoms with Crippen LogP contribution in [0.15, 0.2) is 0 Å². The van der Waals surface area contributed by atoms with Crippen molar-refractivity contribution in [2.45, 2.75) is 57.6 Å². The first-order valence-corrected chi connectivity index (χ1v) is 7.41. The minimum Gasteiger partial charge on any atom is -0.376 e. The normalized spacial score (nSPS) is 27.7. The van der Waals surface area contributed by atoms with Crippen LogP contribution >= 0.6 is 0 Å². The molecule has 1 amide bonds. The molecule has 2 saturated heterocycles. The molecule has 2 aliphatic heterocycles. The molecule has 18 heavy (non-hydrogen) atoms. The van der Waals surface area contributed by atoms with Gasteiger partial charge in [0.1, 0.15) is 0 Å². The first kappa shape index (κ1) is 13.8. The third kappa shape index (κ3) is 3.95. The molecule has 2 fully saturated rings. The molecule has 2 heterocycles. The van der Waals surface area contributed by atoms with E-state index in [1.54, 1.807) is 0 Å². The summed E-state index contributed by atoms with van der Waals surface area (Å²) in [5.41, 5.74) is 0. The van der Waals surface area contributed by atoms with Crippen LogP contribution in [0.4, 0.5) is 0 Å². The Bertz CT molecular complexity index is 257. The van der Waals surface area contributed by atoms with Crippen molar-refractivity contribution < 1.29 is 9.53 Å². The lowest BCUT2D eigenvalue weighted by Gasteiger charge is -2.27. The number of rotatable bonds is 4. The first-order chi connectivity index (χ1) is 8.77. The van der Waals surface area contributed by atoms with Gasteiger partial charge in [-0.25, -0.2) is 0 Å². The maximum atomic E-state index is 12.1. The van der Waals surface area contributed by atoms with Gasteiger partial charge in [-0.3, -0.25) is 9.69 Å². The number of nitrogens with zero attached hydrogens (tertiary/aromatic N) is 1. The Hall–Kier alpha value is -0.610. The Kier molecular flexibility index (Phi) is 5.45. The van der Waals surface area contributed by atoms with E-state index in [0.29, 0.717) is 6.54 Å². The second-order valence-corrected chi connectivity index (χ2v) is 5.51. The summed E-state index contributed by atoms with van der Waals surface area (Å²) < 4.78 is 5.52. The van der Waals surface area contributed by atoms with Crippen LogP contribution in [0, 0.1) is 0 Å². The summed E-state index contributed by atoms with van der Waals surface area (Å²) in [5, 5.41) is 3.04. The van der Waals surface area contributed by atoms with E-state index in [1.165, 1.54) is 25.7 Å². The topological polar surface area (TPSA) is 41.6 Å². The molecule has 2 atom stereocenters. The molecule has 104 valence electrons. The molecule has 0 aromatic carbocycles. The van der Waals surface area contributed by atoms with Crippen molar-refractivity contribution in [3.8, 4) is 0 Å². The molecule has 4 heteroatoms. The zero-order valence-electron chi connectivity index (χ0n) is 11.5. The molecule has 2 aliphatic rings. The SMILES string of the molecule is CC(C(=O)NCC1CCCO1)N1CCCCCC1. The molecule has 2 unspecified atom stereocenters. The van der Waals surface area contributed by atoms with Gasteiger partial charge in [0.15, 0.2) is 0 Å². The van der Waals surface area contributed by atoms with Gasteiger partial charge in [0.2, 0.25) is 5.91 Å². The maximum absolute atomic E-state index is 12.1. The Labute approximate surface area is 110 Å². The van der Waals surface area contributed by atoms with E-state index in [4.69, 9.17) is 4.74 Å². The summed E-state index contributed by atoms with van der Waals surface area (Å²) in [6, 6.07) is 0.00417. The van der Waals surface area contributed by atoms with E-state index in [1.807, 2.05) is 6.92 Å². The van der Waals surface area contributed by atoms with Crippen molar-refractivity contribution in [3.05, 3.63) is 0 Å². The minimum atomic E-state index is 0.00417. The van der Waals surface area contributed by atoms with E-state index >= 15 is 0 Å². The van der Waals surface area contributed by atoms with Crippen LogP contribution < -0.4 is 5.32 Å². The van der Waals surface area contributed by atoms with E-state index in [0.717, 1.165) is 32.5 Å². The van der Waals surface area contributed by atoms with Gasteiger partial charge in [-0.15, -0.1) is 0 Å². The van der Waals surface area contributed by atoms with Crippen LogP contribution in [0.2, 0.25) is 0 Å². The van der Waals surface area contributed by atoms with Crippen LogP contribution in [0.3, 0.4) is 0 Å². The van der Waals surface area contributed by atoms with Gasteiger partial charge in [0, 0.05) is 13.2 Å². The van der Waals surface area contributed by atoms with Gasteiger partial charge in [0.05, 0.1) is 12.1 Å². The number of amides is 1. The summed E-state index contributed by atoms with van der Waals surface area (Å²) in [4.78, 5) is 14.4. The molecule has 0 aromatic rings. The second kappa shape index (κ2) is 7.10. The Morgan fingerprint density at radius 3 is 2.61 bits per heavy atom. The first-order valence-electron chi connectivity index (χ1n) is 7.41. The lowest BCUT2D eigenvalue weighted by molar-refractivity contribution is -0.126. The molecule has 2 rings (SSSR count). The van der Waals surface area contributed by atoms with Crippen molar-refractivity contribution in [1.82, 2.24) is 10.2 Å². The number of carbonyl (C=O) groups excluding carboxylic acids is 1. The average molecular weight is 254 g/mol. The number of carbonyl (C=O) groups is 1. The van der Waals surface area contributed by atoms with Crippen molar-refractivity contribution in [2.24, 2.45) is 0 Å². The largest absolute Gasteiger partial charge is 0.376 e. The molecule has 4 nitrogen and oxygen atoms in total. The summed E-state index contributed by atoms with van der Waals surface area (Å²) in [7, 11) is 0. The lowest BCUT2D eigenvalue weighted by atomic mass is 10.2. The Morgan fingerprint density at radius 1 is 1.28 bits per heavy atom. The van der Waals surface area contributed by atoms with Crippen LogP contribution in [-0.2, 0) is 9.53 Å². The predicted octanol–water partition coefficient (Wildman–Crippen LogP) is 1.55. The summed E-state index contributed by atoms with van der Waals surface area (Å²) in [6.07, 6.45) is 7.51. The molecule has 0 bridgehead atoms. The zero-order valence-corrected chi connectivity index (χ0v) is 11.5. The smallest absolute Gasteiger partial charge is 0.237 e. The zero-order chi connectivity index (χ0) is 12.8. The highest BCUT2D eigenvalue weighted by atomic mass is 16.5. The van der Waals surface area contributed by atoms with E-state index in [2.05, 4.69) is 10.2 Å². The van der Waals surface area contributed by atoms with E-state index in [9.17, 15) is 4.79 Å². The number of hydrogen-bond donors (Lipinski definition) is 1. The molecule has 0 spiro atoms. The van der Waals surface area contributed by atoms with Gasteiger partial charge in [-0.2, -0.15) is 0 Å². The van der Waals surface area contributed by atoms with Crippen LogP contribution in [0.5, 0.6) is 0 Å². The summed E-state index contributed by atoms with van der Waals surface area (Å²) in [6.45, 7) is 5.68. The van der Waals surface area contributed by atoms with Crippen molar-refractivity contribution in [2.75, 3.05) is 26.2 Å². The third-order valence-corrected chi connectivity index (χ3v) is 4.10. The van der Waals surface area contributed by atoms with E-state index in [-0.39, 0.29) is 18.1 Å². The maximum Gasteiger partial charge on any atom is 0.237 e. The van der Waals surface area contributed by atoms with E-state index < -0.39 is 0 Å². The van der Waals surface area contributed by atoms with Gasteiger partial charge in [-0.05, 0) is 45.7 Å². The number of ether oxygens (including phenoxy) is 1. The molecule has 0 saturated carbocycles. The molecule has 1 N–H and O–H groups in total. The molecular weight excluding hydrogens is 228 g/mol. The van der Waals surface area contributed by atoms with Crippen molar-refractivity contribution in [1.29, 1.82) is 0 Å². The molecule has 0 aliphatic carbocycles. The average Bonchev–Trinajstić information content (AvgIpc) is 2.75. The predicted molar refractivity (Wildman–Crippen MR) is 71.5 cm³/mol. The van der Waals surface area contributed by atoms with Gasteiger partial charge >= 0.3 is 0 Å². The highest BCUT2D eigenvalue weighted by Crippen LogP contribution is 2.13. The summed E-state index contributed by atoms with van der Waals surface area (Å²) in [5.74, 6) is 0.160. The number of nitrogens with one attached hydrogen (secondary N) is 1. The summed E-state index contributed by atoms with van der Waals surface area (Å²) >= 11 is 0. The Morgan fingerprint density at radius 2 is 2.00 bits per heavy atom. The second-order valence-electron chi connectivity index (χ2n) is 5.51.